The Labute approximate surface area is 124 Å². The summed E-state index contributed by atoms with van der Waals surface area (Å²) < 4.78 is 13.3. The van der Waals surface area contributed by atoms with Crippen molar-refractivity contribution in [2.75, 3.05) is 6.54 Å². The van der Waals surface area contributed by atoms with Gasteiger partial charge in [0.05, 0.1) is 11.7 Å². The summed E-state index contributed by atoms with van der Waals surface area (Å²) in [4.78, 5) is 14.3. The highest BCUT2D eigenvalue weighted by atomic mass is 19.1. The largest absolute Gasteiger partial charge is 0.507 e. The molecule has 2 rings (SSSR count). The predicted octanol–water partition coefficient (Wildman–Crippen LogP) is 2.69. The fourth-order valence-electron chi connectivity index (χ4n) is 2.92. The molecule has 1 aliphatic heterocycles. The van der Waals surface area contributed by atoms with Crippen LogP contribution in [-0.2, 0) is 0 Å². The molecule has 1 saturated heterocycles. The number of aromatic hydroxyl groups is 1. The van der Waals surface area contributed by atoms with Crippen molar-refractivity contribution in [2.24, 2.45) is 0 Å². The number of nitrogens with zero attached hydrogens (tertiary/aromatic N) is 1. The number of halogens is 1. The van der Waals surface area contributed by atoms with Crippen molar-refractivity contribution < 1.29 is 19.4 Å². The van der Waals surface area contributed by atoms with Crippen LogP contribution in [0.2, 0.25) is 0 Å². The van der Waals surface area contributed by atoms with Gasteiger partial charge in [-0.2, -0.15) is 0 Å². The van der Waals surface area contributed by atoms with Gasteiger partial charge in [-0.1, -0.05) is 12.8 Å². The maximum Gasteiger partial charge on any atom is 0.257 e. The Bertz CT molecular complexity index is 504. The van der Waals surface area contributed by atoms with E-state index in [1.165, 1.54) is 6.07 Å². The van der Waals surface area contributed by atoms with Gasteiger partial charge in [-0.25, -0.2) is 4.39 Å². The minimum Gasteiger partial charge on any atom is -0.507 e. The molecule has 1 aromatic carbocycles. The molecule has 0 saturated carbocycles. The van der Waals surface area contributed by atoms with E-state index < -0.39 is 11.9 Å². The number of likely N-dealkylation sites (tertiary alicyclic amines) is 1. The van der Waals surface area contributed by atoms with Crippen LogP contribution in [0, 0.1) is 5.82 Å². The van der Waals surface area contributed by atoms with Crippen LogP contribution in [0.25, 0.3) is 0 Å². The van der Waals surface area contributed by atoms with Gasteiger partial charge in [0.15, 0.2) is 0 Å². The van der Waals surface area contributed by atoms with Gasteiger partial charge in [0, 0.05) is 12.6 Å². The first-order valence-corrected chi connectivity index (χ1v) is 7.46. The van der Waals surface area contributed by atoms with Crippen molar-refractivity contribution in [1.82, 2.24) is 4.90 Å². The van der Waals surface area contributed by atoms with Crippen LogP contribution in [0.3, 0.4) is 0 Å². The van der Waals surface area contributed by atoms with Gasteiger partial charge in [0.25, 0.3) is 5.91 Å². The number of aliphatic hydroxyl groups excluding tert-OH is 1. The second kappa shape index (κ2) is 6.89. The number of phenols is 1. The summed E-state index contributed by atoms with van der Waals surface area (Å²) in [5, 5.41) is 19.4. The maximum atomic E-state index is 13.3. The van der Waals surface area contributed by atoms with E-state index in [0.29, 0.717) is 13.0 Å². The van der Waals surface area contributed by atoms with Gasteiger partial charge in [-0.3, -0.25) is 4.79 Å². The van der Waals surface area contributed by atoms with E-state index in [9.17, 15) is 19.4 Å². The number of amides is 1. The van der Waals surface area contributed by atoms with E-state index in [1.54, 1.807) is 11.8 Å². The molecule has 1 amide bonds. The zero-order valence-electron chi connectivity index (χ0n) is 12.3. The first-order valence-electron chi connectivity index (χ1n) is 7.46. The van der Waals surface area contributed by atoms with Crippen molar-refractivity contribution >= 4 is 5.91 Å². The van der Waals surface area contributed by atoms with E-state index in [1.807, 2.05) is 0 Å². The van der Waals surface area contributed by atoms with Crippen LogP contribution in [0.5, 0.6) is 5.75 Å². The summed E-state index contributed by atoms with van der Waals surface area (Å²) >= 11 is 0. The number of carbonyl (C=O) groups excluding carboxylic acids is 1. The Morgan fingerprint density at radius 3 is 2.90 bits per heavy atom. The van der Waals surface area contributed by atoms with E-state index in [0.717, 1.165) is 37.8 Å². The van der Waals surface area contributed by atoms with Crippen molar-refractivity contribution in [2.45, 2.75) is 51.2 Å². The van der Waals surface area contributed by atoms with Gasteiger partial charge < -0.3 is 15.1 Å². The Kier molecular flexibility index (Phi) is 5.17. The second-order valence-corrected chi connectivity index (χ2v) is 5.75. The average Bonchev–Trinajstić information content (AvgIpc) is 2.65. The summed E-state index contributed by atoms with van der Waals surface area (Å²) in [5.41, 5.74) is -0.00695. The van der Waals surface area contributed by atoms with Crippen molar-refractivity contribution in [1.29, 1.82) is 0 Å². The first-order chi connectivity index (χ1) is 9.99. The minimum atomic E-state index is -0.543. The lowest BCUT2D eigenvalue weighted by molar-refractivity contribution is 0.0604. The highest BCUT2D eigenvalue weighted by Crippen LogP contribution is 2.26. The third-order valence-electron chi connectivity index (χ3n) is 3.94. The molecule has 0 aromatic heterocycles. The molecule has 1 aliphatic rings. The Balaban J connectivity index is 2.26. The minimum absolute atomic E-state index is 0.00695. The molecule has 21 heavy (non-hydrogen) atoms. The number of hydrogen-bond acceptors (Lipinski definition) is 3. The van der Waals surface area contributed by atoms with Crippen LogP contribution in [-0.4, -0.2) is 39.7 Å². The van der Waals surface area contributed by atoms with E-state index in [2.05, 4.69) is 0 Å². The molecular weight excluding hydrogens is 273 g/mol. The maximum absolute atomic E-state index is 13.3. The molecule has 4 nitrogen and oxygen atoms in total. The third-order valence-corrected chi connectivity index (χ3v) is 3.94. The summed E-state index contributed by atoms with van der Waals surface area (Å²) in [5.74, 6) is -1.11. The molecular formula is C16H22FNO3. The Morgan fingerprint density at radius 1 is 1.43 bits per heavy atom. The average molecular weight is 295 g/mol. The molecule has 116 valence electrons. The molecule has 1 fully saturated rings. The van der Waals surface area contributed by atoms with Crippen molar-refractivity contribution in [3.63, 3.8) is 0 Å². The lowest BCUT2D eigenvalue weighted by Crippen LogP contribution is -2.41. The van der Waals surface area contributed by atoms with Gasteiger partial charge in [-0.15, -0.1) is 0 Å². The Hall–Kier alpha value is -1.62. The molecule has 1 heterocycles. The molecule has 5 heteroatoms. The molecule has 0 radical (unpaired) electrons. The Morgan fingerprint density at radius 2 is 2.19 bits per heavy atom. The normalized spacial score (nSPS) is 20.9. The summed E-state index contributed by atoms with van der Waals surface area (Å²) in [6, 6.07) is 3.33. The lowest BCUT2D eigenvalue weighted by atomic mass is 10.0. The summed E-state index contributed by atoms with van der Waals surface area (Å²) in [6.07, 6.45) is 3.77. The highest BCUT2D eigenvalue weighted by molar-refractivity contribution is 5.97. The number of aliphatic hydroxyl groups is 1. The number of hydrogen-bond donors (Lipinski definition) is 2. The lowest BCUT2D eigenvalue weighted by Gasteiger charge is -2.31. The van der Waals surface area contributed by atoms with Crippen molar-refractivity contribution in [3.05, 3.63) is 29.6 Å². The van der Waals surface area contributed by atoms with Gasteiger partial charge in [0.1, 0.15) is 11.6 Å². The van der Waals surface area contributed by atoms with Crippen LogP contribution < -0.4 is 0 Å². The van der Waals surface area contributed by atoms with Crippen LogP contribution in [0.1, 0.15) is 49.4 Å². The van der Waals surface area contributed by atoms with E-state index >= 15 is 0 Å². The standard InChI is InChI=1S/C16H22FNO3/c1-11(19)9-13-5-3-2-4-8-18(13)16(21)14-10-12(17)6-7-15(14)20/h6-7,10-11,13,19-20H,2-5,8-9H2,1H3. The molecule has 2 atom stereocenters. The van der Waals surface area contributed by atoms with E-state index in [-0.39, 0.29) is 23.3 Å². The van der Waals surface area contributed by atoms with Crippen LogP contribution in [0.15, 0.2) is 18.2 Å². The molecule has 0 aliphatic carbocycles. The number of phenolic OH excluding ortho intramolecular Hbond substituents is 1. The highest BCUT2D eigenvalue weighted by Gasteiger charge is 2.28. The summed E-state index contributed by atoms with van der Waals surface area (Å²) in [6.45, 7) is 2.28. The SMILES string of the molecule is CC(O)CC1CCCCCN1C(=O)c1cc(F)ccc1O. The fraction of sp³-hybridized carbons (Fsp3) is 0.562. The quantitative estimate of drug-likeness (QED) is 0.901. The molecule has 2 unspecified atom stereocenters. The predicted molar refractivity (Wildman–Crippen MR) is 77.7 cm³/mol. The second-order valence-electron chi connectivity index (χ2n) is 5.75. The van der Waals surface area contributed by atoms with Crippen molar-refractivity contribution in [3.8, 4) is 5.75 Å². The van der Waals surface area contributed by atoms with Gasteiger partial charge in [-0.05, 0) is 44.4 Å². The molecule has 2 N–H and O–H groups in total. The third kappa shape index (κ3) is 3.94. The fourth-order valence-corrected chi connectivity index (χ4v) is 2.92. The summed E-state index contributed by atoms with van der Waals surface area (Å²) in [7, 11) is 0. The smallest absolute Gasteiger partial charge is 0.257 e. The zero-order valence-corrected chi connectivity index (χ0v) is 12.3. The number of carbonyl (C=O) groups is 1. The monoisotopic (exact) mass is 295 g/mol. The number of benzene rings is 1. The molecule has 0 spiro atoms. The zero-order chi connectivity index (χ0) is 15.4. The molecule has 0 bridgehead atoms. The van der Waals surface area contributed by atoms with Gasteiger partial charge >= 0.3 is 0 Å². The van der Waals surface area contributed by atoms with Gasteiger partial charge in [0.2, 0.25) is 0 Å². The number of rotatable bonds is 3. The van der Waals surface area contributed by atoms with Crippen LogP contribution in [0.4, 0.5) is 4.39 Å². The molecule has 1 aromatic rings. The van der Waals surface area contributed by atoms with Crippen LogP contribution >= 0.6 is 0 Å². The first kappa shape index (κ1) is 15.8. The van der Waals surface area contributed by atoms with E-state index in [4.69, 9.17) is 0 Å². The topological polar surface area (TPSA) is 60.8 Å².